The second-order valence-corrected chi connectivity index (χ2v) is 9.83. The van der Waals surface area contributed by atoms with Crippen LogP contribution in [0, 0.1) is 33.5 Å². The highest BCUT2D eigenvalue weighted by Crippen LogP contribution is 2.71. The number of hydrogen-bond acceptors (Lipinski definition) is 2. The first-order chi connectivity index (χ1) is 10.3. The molecule has 0 aromatic carbocycles. The second-order valence-electron chi connectivity index (χ2n) is 9.83. The summed E-state index contributed by atoms with van der Waals surface area (Å²) < 4.78 is 0. The largest absolute Gasteiger partial charge is 0.395 e. The molecule has 22 heavy (non-hydrogen) atoms. The molecule has 4 aliphatic carbocycles. The molecule has 2 nitrogen and oxygen atoms in total. The fourth-order valence-electron chi connectivity index (χ4n) is 7.37. The average molecular weight is 304 g/mol. The van der Waals surface area contributed by atoms with Gasteiger partial charge in [-0.2, -0.15) is 0 Å². The Balaban J connectivity index is 1.72. The van der Waals surface area contributed by atoms with E-state index in [-0.39, 0.29) is 16.9 Å². The fourth-order valence-corrected chi connectivity index (χ4v) is 7.37. The van der Waals surface area contributed by atoms with E-state index >= 15 is 0 Å². The molecule has 2 bridgehead atoms. The van der Waals surface area contributed by atoms with E-state index in [9.17, 15) is 10.2 Å². The molecule has 0 amide bonds. The van der Waals surface area contributed by atoms with Gasteiger partial charge < -0.3 is 10.2 Å². The third-order valence-electron chi connectivity index (χ3n) is 8.59. The lowest BCUT2D eigenvalue weighted by molar-refractivity contribution is -0.179. The standard InChI is InChI=1S/C20H32O2/c1-17(2)14-5-9-20-11-10-19(12-20,13-21)8-4-15(20)18(14,3)7-6-16(17)22/h10-11,14-16,21-22H,4-9,12-13H2,1-3H3/t14-,15+,16-,18-,19+,20+/m1/s1. The number of aliphatic hydroxyl groups is 2. The number of aliphatic hydroxyl groups excluding tert-OH is 2. The highest BCUT2D eigenvalue weighted by molar-refractivity contribution is 5.26. The van der Waals surface area contributed by atoms with Crippen molar-refractivity contribution in [1.29, 1.82) is 0 Å². The lowest BCUT2D eigenvalue weighted by Crippen LogP contribution is -2.59. The Bertz CT molecular complexity index is 510. The van der Waals surface area contributed by atoms with Crippen LogP contribution in [0.2, 0.25) is 0 Å². The van der Waals surface area contributed by atoms with Gasteiger partial charge in [-0.15, -0.1) is 0 Å². The van der Waals surface area contributed by atoms with Crippen molar-refractivity contribution in [3.8, 4) is 0 Å². The van der Waals surface area contributed by atoms with Crippen molar-refractivity contribution in [2.24, 2.45) is 33.5 Å². The van der Waals surface area contributed by atoms with E-state index in [0.717, 1.165) is 18.8 Å². The summed E-state index contributed by atoms with van der Waals surface area (Å²) >= 11 is 0. The van der Waals surface area contributed by atoms with Crippen molar-refractivity contribution in [1.82, 2.24) is 0 Å². The molecule has 3 saturated carbocycles. The van der Waals surface area contributed by atoms with Gasteiger partial charge in [0.25, 0.3) is 0 Å². The quantitative estimate of drug-likeness (QED) is 0.721. The molecule has 6 atom stereocenters. The first kappa shape index (κ1) is 15.2. The number of hydrogen-bond donors (Lipinski definition) is 2. The fraction of sp³-hybridized carbons (Fsp3) is 0.900. The lowest BCUT2D eigenvalue weighted by atomic mass is 9.40. The molecule has 1 spiro atoms. The topological polar surface area (TPSA) is 40.5 Å². The Morgan fingerprint density at radius 1 is 0.955 bits per heavy atom. The smallest absolute Gasteiger partial charge is 0.0594 e. The second kappa shape index (κ2) is 4.39. The molecule has 2 heteroatoms. The van der Waals surface area contributed by atoms with E-state index in [1.54, 1.807) is 0 Å². The summed E-state index contributed by atoms with van der Waals surface area (Å²) in [6, 6.07) is 0. The molecule has 4 aliphatic rings. The normalized spacial score (nSPS) is 55.6. The molecule has 0 saturated heterocycles. The molecule has 124 valence electrons. The summed E-state index contributed by atoms with van der Waals surface area (Å²) in [5, 5.41) is 20.4. The molecule has 3 fully saturated rings. The molecule has 0 aromatic heterocycles. The molecule has 0 aromatic rings. The highest BCUT2D eigenvalue weighted by Gasteiger charge is 2.64. The number of fused-ring (bicyclic) bond motifs is 3. The van der Waals surface area contributed by atoms with E-state index in [4.69, 9.17) is 0 Å². The lowest BCUT2D eigenvalue weighted by Gasteiger charge is -2.65. The molecular formula is C20H32O2. The van der Waals surface area contributed by atoms with Crippen LogP contribution in [0.3, 0.4) is 0 Å². The third-order valence-corrected chi connectivity index (χ3v) is 8.59. The summed E-state index contributed by atoms with van der Waals surface area (Å²) in [7, 11) is 0. The highest BCUT2D eigenvalue weighted by atomic mass is 16.3. The summed E-state index contributed by atoms with van der Waals surface area (Å²) in [5.41, 5.74) is 0.827. The molecule has 0 unspecified atom stereocenters. The van der Waals surface area contributed by atoms with E-state index in [1.165, 1.54) is 32.1 Å². The Kier molecular flexibility index (Phi) is 3.03. The van der Waals surface area contributed by atoms with E-state index < -0.39 is 0 Å². The first-order valence-corrected chi connectivity index (χ1v) is 9.27. The van der Waals surface area contributed by atoms with Crippen LogP contribution in [0.4, 0.5) is 0 Å². The predicted molar refractivity (Wildman–Crippen MR) is 88.3 cm³/mol. The van der Waals surface area contributed by atoms with Crippen LogP contribution in [0.25, 0.3) is 0 Å². The van der Waals surface area contributed by atoms with Crippen LogP contribution >= 0.6 is 0 Å². The van der Waals surface area contributed by atoms with Crippen molar-refractivity contribution in [3.63, 3.8) is 0 Å². The summed E-state index contributed by atoms with van der Waals surface area (Å²) in [6.45, 7) is 7.43. The molecule has 0 aliphatic heterocycles. The van der Waals surface area contributed by atoms with Gasteiger partial charge in [0.15, 0.2) is 0 Å². The third kappa shape index (κ3) is 1.69. The van der Waals surface area contributed by atoms with E-state index in [2.05, 4.69) is 32.9 Å². The zero-order chi connectivity index (χ0) is 15.8. The first-order valence-electron chi connectivity index (χ1n) is 9.27. The zero-order valence-electron chi connectivity index (χ0n) is 14.4. The average Bonchev–Trinajstić information content (AvgIpc) is 2.76. The predicted octanol–water partition coefficient (Wildman–Crippen LogP) is 3.92. The Hall–Kier alpha value is -0.340. The molecule has 0 radical (unpaired) electrons. The van der Waals surface area contributed by atoms with Crippen molar-refractivity contribution < 1.29 is 10.2 Å². The van der Waals surface area contributed by atoms with Crippen LogP contribution in [-0.4, -0.2) is 22.9 Å². The van der Waals surface area contributed by atoms with Crippen LogP contribution in [0.5, 0.6) is 0 Å². The van der Waals surface area contributed by atoms with Gasteiger partial charge >= 0.3 is 0 Å². The van der Waals surface area contributed by atoms with Gasteiger partial charge in [0.1, 0.15) is 0 Å². The minimum Gasteiger partial charge on any atom is -0.395 e. The van der Waals surface area contributed by atoms with Crippen LogP contribution < -0.4 is 0 Å². The Morgan fingerprint density at radius 2 is 1.68 bits per heavy atom. The van der Waals surface area contributed by atoms with Gasteiger partial charge in [0, 0.05) is 5.41 Å². The maximum atomic E-state index is 10.5. The van der Waals surface area contributed by atoms with Gasteiger partial charge in [-0.25, -0.2) is 0 Å². The minimum absolute atomic E-state index is 0.0441. The van der Waals surface area contributed by atoms with Gasteiger partial charge in [-0.1, -0.05) is 32.9 Å². The number of rotatable bonds is 1. The van der Waals surface area contributed by atoms with Gasteiger partial charge in [0.05, 0.1) is 12.7 Å². The number of allylic oxidation sites excluding steroid dienone is 1. The summed E-state index contributed by atoms with van der Waals surface area (Å²) in [6.07, 6.45) is 12.9. The van der Waals surface area contributed by atoms with Crippen LogP contribution in [0.15, 0.2) is 12.2 Å². The molecule has 0 heterocycles. The minimum atomic E-state index is -0.140. The van der Waals surface area contributed by atoms with Crippen LogP contribution in [0.1, 0.15) is 65.7 Å². The van der Waals surface area contributed by atoms with Gasteiger partial charge in [-0.05, 0) is 73.0 Å². The molecule has 2 N–H and O–H groups in total. The molecular weight excluding hydrogens is 272 g/mol. The van der Waals surface area contributed by atoms with Crippen LogP contribution in [-0.2, 0) is 0 Å². The Morgan fingerprint density at radius 3 is 2.41 bits per heavy atom. The summed E-state index contributed by atoms with van der Waals surface area (Å²) in [4.78, 5) is 0. The van der Waals surface area contributed by atoms with Crippen molar-refractivity contribution in [3.05, 3.63) is 12.2 Å². The monoisotopic (exact) mass is 304 g/mol. The van der Waals surface area contributed by atoms with E-state index in [0.29, 0.717) is 23.4 Å². The SMILES string of the molecule is CC1(C)[C@H](O)CC[C@]2(C)[C@@H]1CC[C@@]13C=C[C@@](CO)(CC[C@H]12)C3. The summed E-state index contributed by atoms with van der Waals surface area (Å²) in [5.74, 6) is 1.37. The molecule has 4 rings (SSSR count). The maximum Gasteiger partial charge on any atom is 0.0594 e. The van der Waals surface area contributed by atoms with Gasteiger partial charge in [-0.3, -0.25) is 0 Å². The Labute approximate surface area is 135 Å². The zero-order valence-corrected chi connectivity index (χ0v) is 14.4. The van der Waals surface area contributed by atoms with E-state index in [1.807, 2.05) is 0 Å². The van der Waals surface area contributed by atoms with Crippen molar-refractivity contribution in [2.45, 2.75) is 71.8 Å². The maximum absolute atomic E-state index is 10.5. The van der Waals surface area contributed by atoms with Gasteiger partial charge in [0.2, 0.25) is 0 Å². The van der Waals surface area contributed by atoms with Crippen molar-refractivity contribution in [2.75, 3.05) is 6.61 Å². The van der Waals surface area contributed by atoms with Crippen molar-refractivity contribution >= 4 is 0 Å².